The van der Waals surface area contributed by atoms with Gasteiger partial charge in [0, 0.05) is 23.6 Å². The molecule has 2 amide bonds. The number of rotatable bonds is 1. The molecule has 0 saturated heterocycles. The van der Waals surface area contributed by atoms with Crippen molar-refractivity contribution in [1.29, 1.82) is 0 Å². The molecule has 0 bridgehead atoms. The summed E-state index contributed by atoms with van der Waals surface area (Å²) >= 11 is 0. The zero-order valence-electron chi connectivity index (χ0n) is 10.1. The molecule has 4 heteroatoms. The van der Waals surface area contributed by atoms with Crippen molar-refractivity contribution in [3.05, 3.63) is 35.6 Å². The first-order chi connectivity index (χ1) is 8.63. The average Bonchev–Trinajstić information content (AvgIpc) is 3.11. The monoisotopic (exact) mass is 242 g/mol. The van der Waals surface area contributed by atoms with Crippen LogP contribution in [-0.4, -0.2) is 17.5 Å². The van der Waals surface area contributed by atoms with Gasteiger partial charge in [-0.3, -0.25) is 9.59 Å². The summed E-state index contributed by atoms with van der Waals surface area (Å²) in [4.78, 5) is 27.1. The molecule has 1 N–H and O–H groups in total. The molecule has 1 heterocycles. The van der Waals surface area contributed by atoms with E-state index in [4.69, 9.17) is 0 Å². The fraction of sp³-hybridized carbons (Fsp3) is 0.357. The van der Waals surface area contributed by atoms with Crippen LogP contribution in [0.3, 0.4) is 0 Å². The van der Waals surface area contributed by atoms with Crippen LogP contribution >= 0.6 is 0 Å². The van der Waals surface area contributed by atoms with Gasteiger partial charge in [-0.25, -0.2) is 4.99 Å². The largest absolute Gasteiger partial charge is 0.325 e. The SMILES string of the molecule is CC1=CC(=O)NC2=CC(=NC(=O)C3CC3)C=CC12. The number of nitrogens with zero attached hydrogens (tertiary/aromatic N) is 1. The molecule has 4 nitrogen and oxygen atoms in total. The Morgan fingerprint density at radius 1 is 1.39 bits per heavy atom. The van der Waals surface area contributed by atoms with Gasteiger partial charge in [0.15, 0.2) is 0 Å². The van der Waals surface area contributed by atoms with Crippen molar-refractivity contribution in [2.45, 2.75) is 19.8 Å². The molecule has 1 fully saturated rings. The maximum absolute atomic E-state index is 11.6. The maximum Gasteiger partial charge on any atom is 0.249 e. The van der Waals surface area contributed by atoms with Crippen LogP contribution in [0.4, 0.5) is 0 Å². The van der Waals surface area contributed by atoms with Gasteiger partial charge in [-0.15, -0.1) is 0 Å². The molecule has 18 heavy (non-hydrogen) atoms. The van der Waals surface area contributed by atoms with Crippen LogP contribution in [0.1, 0.15) is 19.8 Å². The second-order valence-electron chi connectivity index (χ2n) is 4.96. The Labute approximate surface area is 105 Å². The van der Waals surface area contributed by atoms with E-state index in [2.05, 4.69) is 10.3 Å². The molecule has 0 aromatic carbocycles. The van der Waals surface area contributed by atoms with Crippen LogP contribution in [0.2, 0.25) is 0 Å². The Hall–Kier alpha value is -1.97. The Bertz CT molecular complexity index is 548. The predicted molar refractivity (Wildman–Crippen MR) is 67.8 cm³/mol. The molecule has 92 valence electrons. The number of carbonyl (C=O) groups excluding carboxylic acids is 2. The van der Waals surface area contributed by atoms with E-state index in [0.717, 1.165) is 24.1 Å². The molecule has 0 aromatic heterocycles. The van der Waals surface area contributed by atoms with E-state index in [9.17, 15) is 9.59 Å². The number of fused-ring (bicyclic) bond motifs is 1. The number of hydrogen-bond acceptors (Lipinski definition) is 2. The van der Waals surface area contributed by atoms with E-state index in [-0.39, 0.29) is 23.7 Å². The molecule has 3 rings (SSSR count). The van der Waals surface area contributed by atoms with Crippen LogP contribution in [0.25, 0.3) is 0 Å². The topological polar surface area (TPSA) is 58.5 Å². The van der Waals surface area contributed by atoms with Gasteiger partial charge in [0.05, 0.1) is 5.71 Å². The highest BCUT2D eigenvalue weighted by Gasteiger charge is 2.30. The first kappa shape index (κ1) is 11.1. The summed E-state index contributed by atoms with van der Waals surface area (Å²) in [5, 5.41) is 2.80. The van der Waals surface area contributed by atoms with Crippen LogP contribution in [0.5, 0.6) is 0 Å². The normalized spacial score (nSPS) is 28.4. The minimum absolute atomic E-state index is 0.0423. The highest BCUT2D eigenvalue weighted by atomic mass is 16.2. The number of aliphatic imine (C=N–C) groups is 1. The van der Waals surface area contributed by atoms with Crippen molar-refractivity contribution in [1.82, 2.24) is 5.32 Å². The first-order valence-electron chi connectivity index (χ1n) is 6.15. The predicted octanol–water partition coefficient (Wildman–Crippen LogP) is 1.51. The lowest BCUT2D eigenvalue weighted by Crippen LogP contribution is -2.32. The Balaban J connectivity index is 1.86. The van der Waals surface area contributed by atoms with Gasteiger partial charge in [0.25, 0.3) is 0 Å². The first-order valence-corrected chi connectivity index (χ1v) is 6.15. The number of nitrogens with one attached hydrogen (secondary N) is 1. The van der Waals surface area contributed by atoms with Gasteiger partial charge in [-0.2, -0.15) is 0 Å². The standard InChI is InChI=1S/C14H14N2O2/c1-8-6-13(17)16-12-7-10(4-5-11(8)12)15-14(18)9-2-3-9/h4-7,9,11H,2-3H2,1H3,(H,16,17). The lowest BCUT2D eigenvalue weighted by molar-refractivity contribution is -0.119. The van der Waals surface area contributed by atoms with Crippen molar-refractivity contribution in [3.8, 4) is 0 Å². The molecule has 0 radical (unpaired) electrons. The van der Waals surface area contributed by atoms with Crippen molar-refractivity contribution in [2.75, 3.05) is 0 Å². The Morgan fingerprint density at radius 2 is 2.17 bits per heavy atom. The quantitative estimate of drug-likeness (QED) is 0.757. The molecule has 1 atom stereocenters. The lowest BCUT2D eigenvalue weighted by Gasteiger charge is -2.25. The molecular formula is C14H14N2O2. The zero-order valence-corrected chi connectivity index (χ0v) is 10.1. The highest BCUT2D eigenvalue weighted by Crippen LogP contribution is 2.31. The molecule has 1 saturated carbocycles. The number of allylic oxidation sites excluding steroid dienone is 3. The summed E-state index contributed by atoms with van der Waals surface area (Å²) in [6, 6.07) is 0. The molecule has 0 aromatic rings. The van der Waals surface area contributed by atoms with Gasteiger partial charge in [-0.1, -0.05) is 11.6 Å². The summed E-state index contributed by atoms with van der Waals surface area (Å²) in [6.07, 6.45) is 9.13. The van der Waals surface area contributed by atoms with Gasteiger partial charge >= 0.3 is 0 Å². The summed E-state index contributed by atoms with van der Waals surface area (Å²) in [6.45, 7) is 1.93. The fourth-order valence-electron chi connectivity index (χ4n) is 2.20. The van der Waals surface area contributed by atoms with Crippen LogP contribution in [-0.2, 0) is 9.59 Å². The van der Waals surface area contributed by atoms with Crippen LogP contribution in [0.15, 0.2) is 40.6 Å². The van der Waals surface area contributed by atoms with Crippen molar-refractivity contribution in [2.24, 2.45) is 16.8 Å². The second-order valence-corrected chi connectivity index (χ2v) is 4.96. The summed E-state index contributed by atoms with van der Waals surface area (Å²) in [5.41, 5.74) is 2.45. The summed E-state index contributed by atoms with van der Waals surface area (Å²) in [7, 11) is 0. The molecule has 3 aliphatic rings. The maximum atomic E-state index is 11.6. The van der Waals surface area contributed by atoms with E-state index in [1.807, 2.05) is 19.1 Å². The smallest absolute Gasteiger partial charge is 0.249 e. The molecular weight excluding hydrogens is 228 g/mol. The number of hydrogen-bond donors (Lipinski definition) is 1. The average molecular weight is 242 g/mol. The molecule has 1 unspecified atom stereocenters. The van der Waals surface area contributed by atoms with Gasteiger partial charge in [-0.05, 0) is 31.9 Å². The third kappa shape index (κ3) is 2.06. The third-order valence-electron chi connectivity index (χ3n) is 3.38. The van der Waals surface area contributed by atoms with E-state index in [1.165, 1.54) is 0 Å². The minimum atomic E-state index is -0.113. The van der Waals surface area contributed by atoms with Gasteiger partial charge < -0.3 is 5.32 Å². The molecule has 1 aliphatic heterocycles. The van der Waals surface area contributed by atoms with E-state index in [0.29, 0.717) is 5.71 Å². The number of carbonyl (C=O) groups is 2. The molecule has 0 spiro atoms. The Kier molecular flexibility index (Phi) is 2.51. The lowest BCUT2D eigenvalue weighted by atomic mass is 9.89. The summed E-state index contributed by atoms with van der Waals surface area (Å²) in [5.74, 6) is 0.0831. The Morgan fingerprint density at radius 3 is 2.89 bits per heavy atom. The van der Waals surface area contributed by atoms with E-state index < -0.39 is 0 Å². The van der Waals surface area contributed by atoms with Crippen LogP contribution in [0, 0.1) is 11.8 Å². The van der Waals surface area contributed by atoms with E-state index in [1.54, 1.807) is 12.2 Å². The van der Waals surface area contributed by atoms with Crippen molar-refractivity contribution >= 4 is 17.5 Å². The second kappa shape index (κ2) is 4.05. The van der Waals surface area contributed by atoms with Gasteiger partial charge in [0.2, 0.25) is 11.8 Å². The minimum Gasteiger partial charge on any atom is -0.325 e. The zero-order chi connectivity index (χ0) is 12.7. The number of amides is 2. The van der Waals surface area contributed by atoms with Crippen molar-refractivity contribution in [3.63, 3.8) is 0 Å². The van der Waals surface area contributed by atoms with Crippen molar-refractivity contribution < 1.29 is 9.59 Å². The fourth-order valence-corrected chi connectivity index (χ4v) is 2.20. The van der Waals surface area contributed by atoms with E-state index >= 15 is 0 Å². The highest BCUT2D eigenvalue weighted by molar-refractivity contribution is 6.11. The third-order valence-corrected chi connectivity index (χ3v) is 3.38. The molecule has 2 aliphatic carbocycles. The summed E-state index contributed by atoms with van der Waals surface area (Å²) < 4.78 is 0. The van der Waals surface area contributed by atoms with Crippen LogP contribution < -0.4 is 5.32 Å². The van der Waals surface area contributed by atoms with Gasteiger partial charge in [0.1, 0.15) is 0 Å².